The third kappa shape index (κ3) is 2.46. The maximum atomic E-state index is 10.9. The van der Waals surface area contributed by atoms with Crippen molar-refractivity contribution in [2.24, 2.45) is 5.92 Å². The molecule has 0 unspecified atom stereocenters. The van der Waals surface area contributed by atoms with Gasteiger partial charge in [-0.25, -0.2) is 9.97 Å². The standard InChI is InChI=1S/C11H16N4O2/c1-12-9-10(14-5-4-13-9)15-6-2-8(3-7-15)11(16)17/h4-5,8H,2-3,6-7H2,1H3,(H,12,13)(H,16,17). The van der Waals surface area contributed by atoms with E-state index in [1.54, 1.807) is 19.4 Å². The van der Waals surface area contributed by atoms with Crippen LogP contribution in [0.3, 0.4) is 0 Å². The zero-order chi connectivity index (χ0) is 12.3. The zero-order valence-corrected chi connectivity index (χ0v) is 9.76. The highest BCUT2D eigenvalue weighted by molar-refractivity contribution is 5.70. The van der Waals surface area contributed by atoms with Crippen LogP contribution in [-0.4, -0.2) is 41.2 Å². The summed E-state index contributed by atoms with van der Waals surface area (Å²) in [5, 5.41) is 11.9. The minimum atomic E-state index is -0.697. The quantitative estimate of drug-likeness (QED) is 0.809. The summed E-state index contributed by atoms with van der Waals surface area (Å²) in [4.78, 5) is 21.4. The van der Waals surface area contributed by atoms with E-state index >= 15 is 0 Å². The van der Waals surface area contributed by atoms with E-state index in [2.05, 4.69) is 20.2 Å². The number of hydrogen-bond donors (Lipinski definition) is 2. The third-order valence-electron chi connectivity index (χ3n) is 3.06. The van der Waals surface area contributed by atoms with Crippen LogP contribution in [0, 0.1) is 5.92 Å². The number of carbonyl (C=O) groups is 1. The Labute approximate surface area is 99.7 Å². The lowest BCUT2D eigenvalue weighted by molar-refractivity contribution is -0.142. The van der Waals surface area contributed by atoms with E-state index in [0.717, 1.165) is 11.6 Å². The lowest BCUT2D eigenvalue weighted by atomic mass is 9.97. The molecule has 1 aromatic rings. The molecule has 2 heterocycles. The molecule has 1 aromatic heterocycles. The summed E-state index contributed by atoms with van der Waals surface area (Å²) in [7, 11) is 1.80. The van der Waals surface area contributed by atoms with Gasteiger partial charge >= 0.3 is 5.97 Å². The van der Waals surface area contributed by atoms with Crippen molar-refractivity contribution in [2.75, 3.05) is 30.4 Å². The molecule has 1 aliphatic rings. The highest BCUT2D eigenvalue weighted by atomic mass is 16.4. The van der Waals surface area contributed by atoms with Crippen molar-refractivity contribution in [3.05, 3.63) is 12.4 Å². The average Bonchev–Trinajstić information content (AvgIpc) is 2.39. The number of hydrogen-bond acceptors (Lipinski definition) is 5. The van der Waals surface area contributed by atoms with Crippen LogP contribution in [0.5, 0.6) is 0 Å². The molecule has 2 N–H and O–H groups in total. The lowest BCUT2D eigenvalue weighted by Crippen LogP contribution is -2.37. The molecule has 2 rings (SSSR count). The molecular weight excluding hydrogens is 220 g/mol. The first-order chi connectivity index (χ1) is 8.22. The Morgan fingerprint density at radius 2 is 2.06 bits per heavy atom. The highest BCUT2D eigenvalue weighted by Crippen LogP contribution is 2.25. The molecule has 6 heteroatoms. The fourth-order valence-electron chi connectivity index (χ4n) is 2.08. The molecule has 1 saturated heterocycles. The van der Waals surface area contributed by atoms with Crippen LogP contribution < -0.4 is 10.2 Å². The summed E-state index contributed by atoms with van der Waals surface area (Å²) in [5.41, 5.74) is 0. The van der Waals surface area contributed by atoms with Gasteiger partial charge in [0.25, 0.3) is 0 Å². The van der Waals surface area contributed by atoms with Crippen molar-refractivity contribution in [1.29, 1.82) is 0 Å². The van der Waals surface area contributed by atoms with Gasteiger partial charge in [0.15, 0.2) is 11.6 Å². The molecule has 1 aliphatic heterocycles. The van der Waals surface area contributed by atoms with Crippen LogP contribution in [0.4, 0.5) is 11.6 Å². The second-order valence-corrected chi connectivity index (χ2v) is 4.08. The van der Waals surface area contributed by atoms with Crippen LogP contribution in [0.1, 0.15) is 12.8 Å². The largest absolute Gasteiger partial charge is 0.481 e. The van der Waals surface area contributed by atoms with Crippen LogP contribution in [0.25, 0.3) is 0 Å². The van der Waals surface area contributed by atoms with Gasteiger partial charge in [-0.2, -0.15) is 0 Å². The van der Waals surface area contributed by atoms with Gasteiger partial charge < -0.3 is 15.3 Å². The van der Waals surface area contributed by atoms with Crippen molar-refractivity contribution in [3.8, 4) is 0 Å². The van der Waals surface area contributed by atoms with Gasteiger partial charge in [0, 0.05) is 32.5 Å². The Morgan fingerprint density at radius 3 is 2.65 bits per heavy atom. The van der Waals surface area contributed by atoms with Gasteiger partial charge in [0.05, 0.1) is 5.92 Å². The van der Waals surface area contributed by atoms with Crippen LogP contribution >= 0.6 is 0 Å². The van der Waals surface area contributed by atoms with Crippen LogP contribution in [-0.2, 0) is 4.79 Å². The summed E-state index contributed by atoms with van der Waals surface area (Å²) in [6.45, 7) is 1.43. The first-order valence-electron chi connectivity index (χ1n) is 5.69. The van der Waals surface area contributed by atoms with E-state index in [9.17, 15) is 4.79 Å². The monoisotopic (exact) mass is 236 g/mol. The maximum Gasteiger partial charge on any atom is 0.306 e. The number of piperidine rings is 1. The molecule has 0 aliphatic carbocycles. The molecule has 0 saturated carbocycles. The number of nitrogens with zero attached hydrogens (tertiary/aromatic N) is 3. The molecule has 17 heavy (non-hydrogen) atoms. The second-order valence-electron chi connectivity index (χ2n) is 4.08. The molecule has 0 spiro atoms. The predicted octanol–water partition coefficient (Wildman–Crippen LogP) is 0.819. The minimum absolute atomic E-state index is 0.221. The number of anilines is 2. The Kier molecular flexibility index (Phi) is 3.41. The number of aliphatic carboxylic acids is 1. The number of carboxylic acids is 1. The van der Waals surface area contributed by atoms with E-state index in [1.807, 2.05) is 0 Å². The van der Waals surface area contributed by atoms with Gasteiger partial charge in [0.2, 0.25) is 0 Å². The molecule has 0 atom stereocenters. The van der Waals surface area contributed by atoms with Crippen molar-refractivity contribution in [3.63, 3.8) is 0 Å². The summed E-state index contributed by atoms with van der Waals surface area (Å²) in [6.07, 6.45) is 4.61. The molecule has 0 radical (unpaired) electrons. The average molecular weight is 236 g/mol. The van der Waals surface area contributed by atoms with Gasteiger partial charge in [-0.05, 0) is 12.8 Å². The molecular formula is C11H16N4O2. The minimum Gasteiger partial charge on any atom is -0.481 e. The highest BCUT2D eigenvalue weighted by Gasteiger charge is 2.26. The molecule has 92 valence electrons. The van der Waals surface area contributed by atoms with Crippen LogP contribution in [0.2, 0.25) is 0 Å². The van der Waals surface area contributed by atoms with E-state index in [1.165, 1.54) is 0 Å². The van der Waals surface area contributed by atoms with E-state index in [4.69, 9.17) is 5.11 Å². The number of nitrogens with one attached hydrogen (secondary N) is 1. The fourth-order valence-corrected chi connectivity index (χ4v) is 2.08. The van der Waals surface area contributed by atoms with Crippen molar-refractivity contribution in [1.82, 2.24) is 9.97 Å². The van der Waals surface area contributed by atoms with Gasteiger partial charge in [-0.1, -0.05) is 0 Å². The number of carboxylic acid groups (broad SMARTS) is 1. The Balaban J connectivity index is 2.07. The smallest absolute Gasteiger partial charge is 0.306 e. The van der Waals surface area contributed by atoms with E-state index < -0.39 is 5.97 Å². The first-order valence-corrected chi connectivity index (χ1v) is 5.69. The third-order valence-corrected chi connectivity index (χ3v) is 3.06. The first kappa shape index (κ1) is 11.6. The summed E-state index contributed by atoms with van der Waals surface area (Å²) >= 11 is 0. The molecule has 0 bridgehead atoms. The maximum absolute atomic E-state index is 10.9. The lowest BCUT2D eigenvalue weighted by Gasteiger charge is -2.31. The van der Waals surface area contributed by atoms with Crippen molar-refractivity contribution < 1.29 is 9.90 Å². The van der Waals surface area contributed by atoms with Gasteiger partial charge in [-0.15, -0.1) is 0 Å². The van der Waals surface area contributed by atoms with E-state index in [0.29, 0.717) is 25.9 Å². The number of aromatic nitrogens is 2. The van der Waals surface area contributed by atoms with E-state index in [-0.39, 0.29) is 5.92 Å². The normalized spacial score (nSPS) is 16.9. The fraction of sp³-hybridized carbons (Fsp3) is 0.545. The predicted molar refractivity (Wildman–Crippen MR) is 64.2 cm³/mol. The second kappa shape index (κ2) is 4.99. The van der Waals surface area contributed by atoms with Gasteiger partial charge in [-0.3, -0.25) is 4.79 Å². The zero-order valence-electron chi connectivity index (χ0n) is 9.76. The summed E-state index contributed by atoms with van der Waals surface area (Å²) < 4.78 is 0. The van der Waals surface area contributed by atoms with Crippen molar-refractivity contribution in [2.45, 2.75) is 12.8 Å². The molecule has 6 nitrogen and oxygen atoms in total. The Morgan fingerprint density at radius 1 is 1.41 bits per heavy atom. The Bertz CT molecular complexity index is 402. The molecule has 0 aromatic carbocycles. The number of rotatable bonds is 3. The SMILES string of the molecule is CNc1nccnc1N1CCC(C(=O)O)CC1. The molecule has 0 amide bonds. The van der Waals surface area contributed by atoms with Crippen molar-refractivity contribution >= 4 is 17.6 Å². The summed E-state index contributed by atoms with van der Waals surface area (Å²) in [5.74, 6) is 0.624. The molecule has 1 fully saturated rings. The summed E-state index contributed by atoms with van der Waals surface area (Å²) in [6, 6.07) is 0. The van der Waals surface area contributed by atoms with Crippen LogP contribution in [0.15, 0.2) is 12.4 Å². The topological polar surface area (TPSA) is 78.4 Å². The van der Waals surface area contributed by atoms with Gasteiger partial charge in [0.1, 0.15) is 0 Å². The Hall–Kier alpha value is -1.85.